The molecule has 86 valence electrons. The van der Waals surface area contributed by atoms with Crippen LogP contribution < -0.4 is 4.74 Å². The van der Waals surface area contributed by atoms with E-state index < -0.39 is 11.7 Å². The molecule has 2 rings (SSSR count). The Balaban J connectivity index is 2.43. The molecule has 1 aromatic carbocycles. The zero-order valence-corrected chi connectivity index (χ0v) is 8.77. The summed E-state index contributed by atoms with van der Waals surface area (Å²) in [4.78, 5) is 0. The van der Waals surface area contributed by atoms with E-state index in [0.717, 1.165) is 18.1 Å². The maximum absolute atomic E-state index is 12.6. The lowest BCUT2D eigenvalue weighted by Gasteiger charge is -2.11. The molecule has 0 aromatic heterocycles. The molecule has 1 unspecified atom stereocenters. The molecule has 1 nitrogen and oxygen atoms in total. The topological polar surface area (TPSA) is 9.23 Å². The summed E-state index contributed by atoms with van der Waals surface area (Å²) in [6, 6.07) is 3.82. The van der Waals surface area contributed by atoms with Gasteiger partial charge in [-0.1, -0.05) is 12.2 Å². The van der Waals surface area contributed by atoms with Crippen LogP contribution in [0.1, 0.15) is 23.5 Å². The number of ether oxygens (including phenoxy) is 1. The Kier molecular flexibility index (Phi) is 2.45. The quantitative estimate of drug-likeness (QED) is 0.700. The Bertz CT molecular complexity index is 434. The number of halogens is 3. The third kappa shape index (κ3) is 2.05. The van der Waals surface area contributed by atoms with Crippen molar-refractivity contribution in [3.05, 3.63) is 41.5 Å². The summed E-state index contributed by atoms with van der Waals surface area (Å²) in [7, 11) is 1.36. The number of methoxy groups -OCH3 is 1. The summed E-state index contributed by atoms with van der Waals surface area (Å²) in [6.45, 7) is 3.75. The monoisotopic (exact) mass is 228 g/mol. The molecule has 1 atom stereocenters. The van der Waals surface area contributed by atoms with E-state index in [1.807, 2.05) is 0 Å². The highest BCUT2D eigenvalue weighted by Gasteiger charge is 2.35. The van der Waals surface area contributed by atoms with Crippen LogP contribution in [0.5, 0.6) is 5.75 Å². The van der Waals surface area contributed by atoms with Crippen LogP contribution in [0.3, 0.4) is 0 Å². The van der Waals surface area contributed by atoms with Crippen LogP contribution in [-0.2, 0) is 6.18 Å². The van der Waals surface area contributed by atoms with Crippen LogP contribution in [0.15, 0.2) is 30.4 Å². The van der Waals surface area contributed by atoms with Crippen molar-refractivity contribution in [2.75, 3.05) is 7.11 Å². The van der Waals surface area contributed by atoms with Gasteiger partial charge in [0.05, 0.1) is 12.7 Å². The summed E-state index contributed by atoms with van der Waals surface area (Å²) in [5.41, 5.74) is 0.944. The van der Waals surface area contributed by atoms with Crippen LogP contribution in [0.4, 0.5) is 13.2 Å². The van der Waals surface area contributed by atoms with Gasteiger partial charge < -0.3 is 4.74 Å². The first-order valence-electron chi connectivity index (χ1n) is 4.85. The average molecular weight is 228 g/mol. The Hall–Kier alpha value is -1.45. The molecule has 1 aliphatic carbocycles. The number of alkyl halides is 3. The molecule has 0 N–H and O–H groups in total. The second-order valence-electron chi connectivity index (χ2n) is 3.91. The molecule has 1 saturated carbocycles. The Labute approximate surface area is 91.5 Å². The first-order chi connectivity index (χ1) is 7.41. The minimum Gasteiger partial charge on any atom is -0.497 e. The zero-order chi connectivity index (χ0) is 11.9. The van der Waals surface area contributed by atoms with Crippen LogP contribution >= 0.6 is 0 Å². The standard InChI is InChI=1S/C12H11F3O/c1-7-3-11(7)8-4-9(12(13,14)15)6-10(5-8)16-2/h4-6,11H,1,3H2,2H3. The zero-order valence-electron chi connectivity index (χ0n) is 8.77. The van der Waals surface area contributed by atoms with E-state index in [-0.39, 0.29) is 11.7 Å². The van der Waals surface area contributed by atoms with Gasteiger partial charge in [-0.25, -0.2) is 0 Å². The van der Waals surface area contributed by atoms with E-state index in [4.69, 9.17) is 4.74 Å². The number of rotatable bonds is 2. The first kappa shape index (κ1) is 11.0. The van der Waals surface area contributed by atoms with Crippen molar-refractivity contribution in [3.8, 4) is 5.75 Å². The number of hydrogen-bond acceptors (Lipinski definition) is 1. The van der Waals surface area contributed by atoms with Crippen molar-refractivity contribution >= 4 is 0 Å². The van der Waals surface area contributed by atoms with Crippen molar-refractivity contribution in [2.45, 2.75) is 18.5 Å². The van der Waals surface area contributed by atoms with E-state index in [2.05, 4.69) is 6.58 Å². The molecular weight excluding hydrogens is 217 g/mol. The Morgan fingerprint density at radius 3 is 2.38 bits per heavy atom. The molecule has 0 saturated heterocycles. The molecule has 1 aliphatic rings. The molecule has 1 aromatic rings. The number of allylic oxidation sites excluding steroid dienone is 1. The van der Waals surface area contributed by atoms with E-state index in [1.165, 1.54) is 13.2 Å². The second kappa shape index (κ2) is 3.54. The maximum atomic E-state index is 12.6. The minimum absolute atomic E-state index is 0.0659. The van der Waals surface area contributed by atoms with E-state index >= 15 is 0 Å². The van der Waals surface area contributed by atoms with Gasteiger partial charge in [0.1, 0.15) is 5.75 Å². The van der Waals surface area contributed by atoms with E-state index in [9.17, 15) is 13.2 Å². The molecular formula is C12H11F3O. The summed E-state index contributed by atoms with van der Waals surface area (Å²) in [5.74, 6) is 0.306. The smallest absolute Gasteiger partial charge is 0.416 e. The normalized spacial score (nSPS) is 19.8. The van der Waals surface area contributed by atoms with Crippen LogP contribution in [-0.4, -0.2) is 7.11 Å². The van der Waals surface area contributed by atoms with E-state index in [1.54, 1.807) is 6.07 Å². The third-order valence-electron chi connectivity index (χ3n) is 2.69. The molecule has 0 amide bonds. The van der Waals surface area contributed by atoms with Crippen molar-refractivity contribution in [3.63, 3.8) is 0 Å². The fourth-order valence-corrected chi connectivity index (χ4v) is 1.66. The van der Waals surface area contributed by atoms with E-state index in [0.29, 0.717) is 5.56 Å². The molecule has 0 heterocycles. The average Bonchev–Trinajstić information content (AvgIpc) is 2.93. The van der Waals surface area contributed by atoms with Gasteiger partial charge in [0.2, 0.25) is 0 Å². The van der Waals surface area contributed by atoms with Gasteiger partial charge in [-0.2, -0.15) is 13.2 Å². The molecule has 0 spiro atoms. The van der Waals surface area contributed by atoms with Gasteiger partial charge in [0.25, 0.3) is 0 Å². The predicted octanol–water partition coefficient (Wildman–Crippen LogP) is 3.76. The molecule has 0 bridgehead atoms. The largest absolute Gasteiger partial charge is 0.497 e. The van der Waals surface area contributed by atoms with Gasteiger partial charge in [-0.3, -0.25) is 0 Å². The van der Waals surface area contributed by atoms with Gasteiger partial charge in [0.15, 0.2) is 0 Å². The number of benzene rings is 1. The molecule has 0 radical (unpaired) electrons. The highest BCUT2D eigenvalue weighted by Crippen LogP contribution is 2.47. The lowest BCUT2D eigenvalue weighted by molar-refractivity contribution is -0.137. The van der Waals surface area contributed by atoms with Crippen molar-refractivity contribution < 1.29 is 17.9 Å². The van der Waals surface area contributed by atoms with Crippen molar-refractivity contribution in [1.82, 2.24) is 0 Å². The first-order valence-corrected chi connectivity index (χ1v) is 4.85. The van der Waals surface area contributed by atoms with Crippen LogP contribution in [0, 0.1) is 0 Å². The van der Waals surface area contributed by atoms with Gasteiger partial charge in [0, 0.05) is 5.92 Å². The van der Waals surface area contributed by atoms with Crippen LogP contribution in [0.25, 0.3) is 0 Å². The predicted molar refractivity (Wildman–Crippen MR) is 54.5 cm³/mol. The summed E-state index contributed by atoms with van der Waals surface area (Å²) in [5, 5.41) is 0. The van der Waals surface area contributed by atoms with Gasteiger partial charge in [-0.05, 0) is 30.2 Å². The summed E-state index contributed by atoms with van der Waals surface area (Å²) >= 11 is 0. The van der Waals surface area contributed by atoms with Crippen molar-refractivity contribution in [1.29, 1.82) is 0 Å². The van der Waals surface area contributed by atoms with Crippen LogP contribution in [0.2, 0.25) is 0 Å². The molecule has 0 aliphatic heterocycles. The fourth-order valence-electron chi connectivity index (χ4n) is 1.66. The minimum atomic E-state index is -4.33. The number of hydrogen-bond donors (Lipinski definition) is 0. The maximum Gasteiger partial charge on any atom is 0.416 e. The Morgan fingerprint density at radius 2 is 1.94 bits per heavy atom. The van der Waals surface area contributed by atoms with Gasteiger partial charge >= 0.3 is 6.18 Å². The Morgan fingerprint density at radius 1 is 1.31 bits per heavy atom. The summed E-state index contributed by atoms with van der Waals surface area (Å²) < 4.78 is 42.6. The highest BCUT2D eigenvalue weighted by molar-refractivity contribution is 5.45. The molecule has 1 fully saturated rings. The highest BCUT2D eigenvalue weighted by atomic mass is 19.4. The molecule has 4 heteroatoms. The molecule has 16 heavy (non-hydrogen) atoms. The summed E-state index contributed by atoms with van der Waals surface area (Å²) in [6.07, 6.45) is -3.57. The lowest BCUT2D eigenvalue weighted by atomic mass is 10.1. The van der Waals surface area contributed by atoms with Gasteiger partial charge in [-0.15, -0.1) is 0 Å². The fraction of sp³-hybridized carbons (Fsp3) is 0.333. The second-order valence-corrected chi connectivity index (χ2v) is 3.91. The third-order valence-corrected chi connectivity index (χ3v) is 2.69. The van der Waals surface area contributed by atoms with Crippen molar-refractivity contribution in [2.24, 2.45) is 0 Å². The SMILES string of the molecule is C=C1CC1c1cc(OC)cc(C(F)(F)F)c1. The lowest BCUT2D eigenvalue weighted by Crippen LogP contribution is -2.06.